The minimum absolute atomic E-state index is 0.0699. The van der Waals surface area contributed by atoms with Crippen molar-refractivity contribution in [3.05, 3.63) is 61.0 Å². The summed E-state index contributed by atoms with van der Waals surface area (Å²) in [5.74, 6) is -0.950. The van der Waals surface area contributed by atoms with Gasteiger partial charge in [-0.3, -0.25) is 10.1 Å². The molecule has 2 heterocycles. The van der Waals surface area contributed by atoms with Crippen LogP contribution in [-0.4, -0.2) is 35.4 Å². The van der Waals surface area contributed by atoms with Crippen molar-refractivity contribution < 1.29 is 9.72 Å². The number of nitro groups is 1. The Morgan fingerprint density at radius 1 is 1.29 bits per heavy atom. The second-order valence-electron chi connectivity index (χ2n) is 5.69. The molecule has 1 amide bonds. The molecular formula is C15H12Cl3N7O3. The largest absolute Gasteiger partial charge is 0.408 e. The Morgan fingerprint density at radius 2 is 2.04 bits per heavy atom. The Labute approximate surface area is 173 Å². The molecule has 3 rings (SSSR count). The lowest BCUT2D eigenvalue weighted by atomic mass is 10.2. The molecular weight excluding hydrogens is 433 g/mol. The number of halogens is 3. The number of rotatable bonds is 6. The highest BCUT2D eigenvalue weighted by Crippen LogP contribution is 2.26. The lowest BCUT2D eigenvalue weighted by Gasteiger charge is -2.04. The van der Waals surface area contributed by atoms with Crippen LogP contribution < -0.4 is 5.32 Å². The van der Waals surface area contributed by atoms with Crippen molar-refractivity contribution in [3.8, 4) is 0 Å². The van der Waals surface area contributed by atoms with E-state index in [2.05, 4.69) is 20.5 Å². The summed E-state index contributed by atoms with van der Waals surface area (Å²) in [6, 6.07) is 5.09. The Kier molecular flexibility index (Phi) is 5.82. The molecule has 1 aromatic carbocycles. The van der Waals surface area contributed by atoms with E-state index >= 15 is 0 Å². The quantitative estimate of drug-likeness (QED) is 0.460. The van der Waals surface area contributed by atoms with E-state index in [0.29, 0.717) is 22.3 Å². The highest BCUT2D eigenvalue weighted by Gasteiger charge is 2.25. The van der Waals surface area contributed by atoms with Gasteiger partial charge in [-0.25, -0.2) is 9.67 Å². The molecule has 0 radical (unpaired) electrons. The first-order chi connectivity index (χ1) is 13.2. The van der Waals surface area contributed by atoms with Crippen LogP contribution >= 0.6 is 34.8 Å². The van der Waals surface area contributed by atoms with Gasteiger partial charge in [-0.2, -0.15) is 4.68 Å². The zero-order valence-corrected chi connectivity index (χ0v) is 16.5. The maximum absolute atomic E-state index is 12.2. The van der Waals surface area contributed by atoms with E-state index in [-0.39, 0.29) is 17.5 Å². The highest BCUT2D eigenvalue weighted by molar-refractivity contribution is 6.35. The molecule has 10 nitrogen and oxygen atoms in total. The lowest BCUT2D eigenvalue weighted by molar-refractivity contribution is -0.389. The molecule has 3 aromatic rings. The summed E-state index contributed by atoms with van der Waals surface area (Å²) >= 11 is 17.8. The molecule has 0 saturated heterocycles. The van der Waals surface area contributed by atoms with Gasteiger partial charge in [-0.15, -0.1) is 5.10 Å². The van der Waals surface area contributed by atoms with Gasteiger partial charge in [0.25, 0.3) is 5.91 Å². The van der Waals surface area contributed by atoms with Crippen molar-refractivity contribution in [1.29, 1.82) is 0 Å². The van der Waals surface area contributed by atoms with Crippen LogP contribution in [0.4, 0.5) is 11.8 Å². The predicted molar refractivity (Wildman–Crippen MR) is 103 cm³/mol. The molecule has 0 aliphatic heterocycles. The number of nitrogens with zero attached hydrogens (tertiary/aromatic N) is 6. The molecule has 0 spiro atoms. The molecule has 28 heavy (non-hydrogen) atoms. The minimum atomic E-state index is -0.713. The summed E-state index contributed by atoms with van der Waals surface area (Å²) < 4.78 is 2.63. The zero-order chi connectivity index (χ0) is 20.4. The van der Waals surface area contributed by atoms with Gasteiger partial charge in [-0.1, -0.05) is 40.9 Å². The van der Waals surface area contributed by atoms with E-state index in [9.17, 15) is 14.9 Å². The first-order valence-corrected chi connectivity index (χ1v) is 8.88. The number of hydrogen-bond donors (Lipinski definition) is 1. The van der Waals surface area contributed by atoms with E-state index in [0.717, 1.165) is 10.2 Å². The van der Waals surface area contributed by atoms with Crippen LogP contribution in [0.2, 0.25) is 15.1 Å². The monoisotopic (exact) mass is 443 g/mol. The number of amides is 1. The van der Waals surface area contributed by atoms with Crippen molar-refractivity contribution in [1.82, 2.24) is 24.5 Å². The molecule has 0 aliphatic carbocycles. The first kappa shape index (κ1) is 20.1. The van der Waals surface area contributed by atoms with Gasteiger partial charge in [-0.05, 0) is 29.5 Å². The summed E-state index contributed by atoms with van der Waals surface area (Å²) in [6.07, 6.45) is 1.43. The topological polar surface area (TPSA) is 121 Å². The van der Waals surface area contributed by atoms with Crippen LogP contribution in [-0.2, 0) is 17.9 Å². The summed E-state index contributed by atoms with van der Waals surface area (Å²) in [5, 5.41) is 22.1. The van der Waals surface area contributed by atoms with Gasteiger partial charge in [0, 0.05) is 10.0 Å². The second kappa shape index (κ2) is 8.13. The van der Waals surface area contributed by atoms with Crippen LogP contribution in [0.25, 0.3) is 0 Å². The number of hydrogen-bond acceptors (Lipinski definition) is 6. The normalized spacial score (nSPS) is 10.9. The van der Waals surface area contributed by atoms with E-state index < -0.39 is 16.6 Å². The fourth-order valence-corrected chi connectivity index (χ4v) is 3.00. The van der Waals surface area contributed by atoms with Crippen LogP contribution in [0.3, 0.4) is 0 Å². The number of carbonyl (C=O) groups excluding carboxylic acids is 1. The SMILES string of the molecule is Cc1c(Cl)c([N+](=O)[O-])nn1CC(=O)Nc1ncn(Cc2ccc(Cl)cc2Cl)n1. The van der Waals surface area contributed by atoms with E-state index in [1.54, 1.807) is 18.2 Å². The van der Waals surface area contributed by atoms with E-state index in [4.69, 9.17) is 34.8 Å². The third-order valence-corrected chi connectivity index (χ3v) is 4.75. The van der Waals surface area contributed by atoms with Crippen molar-refractivity contribution in [2.24, 2.45) is 0 Å². The smallest absolute Gasteiger partial charge is 0.358 e. The first-order valence-electron chi connectivity index (χ1n) is 7.75. The molecule has 0 atom stereocenters. The number of carbonyl (C=O) groups is 1. The average molecular weight is 445 g/mol. The molecule has 13 heteroatoms. The Balaban J connectivity index is 1.66. The van der Waals surface area contributed by atoms with Crippen molar-refractivity contribution in [2.45, 2.75) is 20.0 Å². The molecule has 2 aromatic heterocycles. The van der Waals surface area contributed by atoms with Gasteiger partial charge < -0.3 is 10.1 Å². The maximum Gasteiger partial charge on any atom is 0.408 e. The molecule has 0 unspecified atom stereocenters. The van der Waals surface area contributed by atoms with Crippen LogP contribution in [0.5, 0.6) is 0 Å². The summed E-state index contributed by atoms with van der Waals surface area (Å²) in [5.41, 5.74) is 1.09. The van der Waals surface area contributed by atoms with Gasteiger partial charge in [0.2, 0.25) is 5.95 Å². The van der Waals surface area contributed by atoms with Crippen LogP contribution in [0.15, 0.2) is 24.5 Å². The maximum atomic E-state index is 12.2. The lowest BCUT2D eigenvalue weighted by Crippen LogP contribution is -2.21. The standard InChI is InChI=1S/C15H12Cl3N7O3/c1-8-13(18)14(25(27)28)21-24(8)6-12(26)20-15-19-7-23(22-15)5-9-2-3-10(16)4-11(9)17/h2-4,7H,5-6H2,1H3,(H,20,22,26). The van der Waals surface area contributed by atoms with Crippen molar-refractivity contribution in [3.63, 3.8) is 0 Å². The minimum Gasteiger partial charge on any atom is -0.358 e. The third kappa shape index (κ3) is 4.41. The van der Waals surface area contributed by atoms with Crippen LogP contribution in [0.1, 0.15) is 11.3 Å². The zero-order valence-electron chi connectivity index (χ0n) is 14.3. The number of nitrogens with one attached hydrogen (secondary N) is 1. The molecule has 0 aliphatic rings. The number of aromatic nitrogens is 5. The fraction of sp³-hybridized carbons (Fsp3) is 0.200. The van der Waals surface area contributed by atoms with Crippen molar-refractivity contribution >= 4 is 52.5 Å². The molecule has 0 fully saturated rings. The Bertz CT molecular complexity index is 1060. The van der Waals surface area contributed by atoms with Gasteiger partial charge in [0.1, 0.15) is 12.9 Å². The Morgan fingerprint density at radius 3 is 2.68 bits per heavy atom. The van der Waals surface area contributed by atoms with Gasteiger partial charge in [0.15, 0.2) is 5.02 Å². The Hall–Kier alpha value is -2.69. The van der Waals surface area contributed by atoms with Gasteiger partial charge >= 0.3 is 5.82 Å². The molecule has 0 bridgehead atoms. The highest BCUT2D eigenvalue weighted by atomic mass is 35.5. The molecule has 0 saturated carbocycles. The molecule has 1 N–H and O–H groups in total. The number of benzene rings is 1. The summed E-state index contributed by atoms with van der Waals surface area (Å²) in [6.45, 7) is 1.58. The summed E-state index contributed by atoms with van der Waals surface area (Å²) in [4.78, 5) is 26.3. The summed E-state index contributed by atoms with van der Waals surface area (Å²) in [7, 11) is 0. The third-order valence-electron chi connectivity index (χ3n) is 3.72. The van der Waals surface area contributed by atoms with Gasteiger partial charge in [0.05, 0.1) is 17.3 Å². The predicted octanol–water partition coefficient (Wildman–Crippen LogP) is 3.34. The van der Waals surface area contributed by atoms with E-state index in [1.807, 2.05) is 0 Å². The molecule has 146 valence electrons. The van der Waals surface area contributed by atoms with Crippen molar-refractivity contribution in [2.75, 3.05) is 5.32 Å². The second-order valence-corrected chi connectivity index (χ2v) is 6.91. The number of anilines is 1. The average Bonchev–Trinajstić information content (AvgIpc) is 3.16. The fourth-order valence-electron chi connectivity index (χ4n) is 2.33. The van der Waals surface area contributed by atoms with E-state index in [1.165, 1.54) is 17.9 Å². The van der Waals surface area contributed by atoms with Crippen LogP contribution in [0, 0.1) is 17.0 Å².